The van der Waals surface area contributed by atoms with Crippen LogP contribution in [0.25, 0.3) is 0 Å². The molecule has 0 aliphatic carbocycles. The summed E-state index contributed by atoms with van der Waals surface area (Å²) in [4.78, 5) is 15.0. The fourth-order valence-electron chi connectivity index (χ4n) is 3.73. The van der Waals surface area contributed by atoms with Gasteiger partial charge in [-0.2, -0.15) is 0 Å². The van der Waals surface area contributed by atoms with E-state index in [1.54, 1.807) is 0 Å². The zero-order valence-electron chi connectivity index (χ0n) is 15.1. The number of ether oxygens (including phenoxy) is 1. The summed E-state index contributed by atoms with van der Waals surface area (Å²) in [6.07, 6.45) is 3.52. The first-order valence-corrected chi connectivity index (χ1v) is 9.41. The van der Waals surface area contributed by atoms with Crippen molar-refractivity contribution < 1.29 is 14.6 Å². The second-order valence-electron chi connectivity index (χ2n) is 6.78. The number of aliphatic hydroxyl groups is 1. The van der Waals surface area contributed by atoms with Crippen molar-refractivity contribution in [3.05, 3.63) is 71.8 Å². The van der Waals surface area contributed by atoms with Crippen molar-refractivity contribution in [2.24, 2.45) is 0 Å². The average molecular weight is 353 g/mol. The molecule has 0 amide bonds. The number of carbonyl (C=O) groups excluding carboxylic acids is 1. The van der Waals surface area contributed by atoms with Crippen LogP contribution >= 0.6 is 0 Å². The lowest BCUT2D eigenvalue weighted by Crippen LogP contribution is -2.47. The van der Waals surface area contributed by atoms with Crippen molar-refractivity contribution in [2.45, 2.75) is 44.4 Å². The molecule has 26 heavy (non-hydrogen) atoms. The smallest absolute Gasteiger partial charge is 0.323 e. The second-order valence-corrected chi connectivity index (χ2v) is 6.78. The van der Waals surface area contributed by atoms with Crippen LogP contribution in [0.3, 0.4) is 0 Å². The molecule has 2 aromatic carbocycles. The molecule has 2 atom stereocenters. The van der Waals surface area contributed by atoms with Gasteiger partial charge in [0, 0.05) is 12.6 Å². The number of benzene rings is 2. The van der Waals surface area contributed by atoms with Crippen molar-refractivity contribution in [3.8, 4) is 0 Å². The number of hydrogen-bond donors (Lipinski definition) is 1. The number of piperidine rings is 1. The van der Waals surface area contributed by atoms with Crippen LogP contribution in [0, 0.1) is 0 Å². The van der Waals surface area contributed by atoms with E-state index in [1.807, 2.05) is 48.5 Å². The Morgan fingerprint density at radius 1 is 1.08 bits per heavy atom. The quantitative estimate of drug-likeness (QED) is 0.771. The van der Waals surface area contributed by atoms with E-state index in [0.717, 1.165) is 36.9 Å². The fourth-order valence-corrected chi connectivity index (χ4v) is 3.73. The third-order valence-electron chi connectivity index (χ3n) is 5.03. The molecule has 1 fully saturated rings. The molecule has 138 valence electrons. The maximum absolute atomic E-state index is 12.8. The molecule has 3 rings (SSSR count). The molecule has 1 unspecified atom stereocenters. The molecule has 1 N–H and O–H groups in total. The monoisotopic (exact) mass is 353 g/mol. The second kappa shape index (κ2) is 9.51. The lowest BCUT2D eigenvalue weighted by Gasteiger charge is -2.40. The highest BCUT2D eigenvalue weighted by Gasteiger charge is 2.35. The number of hydrogen-bond acceptors (Lipinski definition) is 4. The minimum absolute atomic E-state index is 0.0378. The van der Waals surface area contributed by atoms with Gasteiger partial charge < -0.3 is 9.84 Å². The number of aliphatic hydroxyl groups excluding tert-OH is 1. The minimum Gasteiger partial charge on any atom is -0.460 e. The van der Waals surface area contributed by atoms with Crippen LogP contribution in [0.5, 0.6) is 0 Å². The van der Waals surface area contributed by atoms with Gasteiger partial charge in [-0.3, -0.25) is 9.69 Å². The first-order chi connectivity index (χ1) is 12.8. The molecule has 1 aliphatic heterocycles. The summed E-state index contributed by atoms with van der Waals surface area (Å²) in [6.45, 7) is 1.26. The molecule has 0 aromatic heterocycles. The highest BCUT2D eigenvalue weighted by molar-refractivity contribution is 5.76. The van der Waals surface area contributed by atoms with E-state index in [-0.39, 0.29) is 24.7 Å². The van der Waals surface area contributed by atoms with Crippen molar-refractivity contribution >= 4 is 5.97 Å². The standard InChI is InChI=1S/C22H27NO3/c24-16-14-20(19-11-5-2-6-12-19)23-15-8-7-13-21(23)22(25)26-17-18-9-3-1-4-10-18/h1-6,9-12,20-21,24H,7-8,13-17H2/t20?,21-/m1/s1. The lowest BCUT2D eigenvalue weighted by atomic mass is 9.94. The Kier molecular flexibility index (Phi) is 6.81. The number of nitrogens with zero attached hydrogens (tertiary/aromatic N) is 1. The van der Waals surface area contributed by atoms with Gasteiger partial charge in [-0.1, -0.05) is 67.1 Å². The number of carbonyl (C=O) groups is 1. The van der Waals surface area contributed by atoms with Gasteiger partial charge in [0.05, 0.1) is 0 Å². The summed E-state index contributed by atoms with van der Waals surface area (Å²) < 4.78 is 5.62. The molecular weight excluding hydrogens is 326 g/mol. The third-order valence-corrected chi connectivity index (χ3v) is 5.03. The van der Waals surface area contributed by atoms with E-state index >= 15 is 0 Å². The Hall–Kier alpha value is -2.17. The predicted octanol–water partition coefficient (Wildman–Crippen LogP) is 3.71. The largest absolute Gasteiger partial charge is 0.460 e. The van der Waals surface area contributed by atoms with Gasteiger partial charge in [0.1, 0.15) is 12.6 Å². The molecule has 1 aliphatic rings. The molecule has 0 bridgehead atoms. The van der Waals surface area contributed by atoms with Gasteiger partial charge in [-0.25, -0.2) is 0 Å². The topological polar surface area (TPSA) is 49.8 Å². The molecular formula is C22H27NO3. The first-order valence-electron chi connectivity index (χ1n) is 9.41. The molecule has 0 saturated carbocycles. The van der Waals surface area contributed by atoms with Crippen molar-refractivity contribution in [3.63, 3.8) is 0 Å². The Morgan fingerprint density at radius 2 is 1.77 bits per heavy atom. The highest BCUT2D eigenvalue weighted by Crippen LogP contribution is 2.31. The van der Waals surface area contributed by atoms with E-state index in [4.69, 9.17) is 4.74 Å². The maximum atomic E-state index is 12.8. The SMILES string of the molecule is O=C(OCc1ccccc1)[C@H]1CCCCN1C(CCO)c1ccccc1. The first kappa shape index (κ1) is 18.6. The van der Waals surface area contributed by atoms with Crippen LogP contribution in [0.4, 0.5) is 0 Å². The summed E-state index contributed by atoms with van der Waals surface area (Å²) >= 11 is 0. The minimum atomic E-state index is -0.246. The summed E-state index contributed by atoms with van der Waals surface area (Å²) in [5.74, 6) is -0.160. The van der Waals surface area contributed by atoms with Gasteiger partial charge >= 0.3 is 5.97 Å². The Balaban J connectivity index is 1.72. The number of esters is 1. The average Bonchev–Trinajstić information content (AvgIpc) is 2.72. The van der Waals surface area contributed by atoms with Gasteiger partial charge in [0.2, 0.25) is 0 Å². The Bertz CT molecular complexity index is 674. The van der Waals surface area contributed by atoms with Crippen LogP contribution in [0.2, 0.25) is 0 Å². The van der Waals surface area contributed by atoms with Gasteiger partial charge in [-0.15, -0.1) is 0 Å². The van der Waals surface area contributed by atoms with E-state index in [2.05, 4.69) is 17.0 Å². The van der Waals surface area contributed by atoms with Crippen molar-refractivity contribution in [2.75, 3.05) is 13.2 Å². The summed E-state index contributed by atoms with van der Waals surface area (Å²) in [5.41, 5.74) is 2.14. The third kappa shape index (κ3) is 4.71. The van der Waals surface area contributed by atoms with Gasteiger partial charge in [-0.05, 0) is 36.9 Å². The van der Waals surface area contributed by atoms with E-state index < -0.39 is 0 Å². The van der Waals surface area contributed by atoms with Crippen LogP contribution < -0.4 is 0 Å². The van der Waals surface area contributed by atoms with Crippen LogP contribution in [0.15, 0.2) is 60.7 Å². The molecule has 4 nitrogen and oxygen atoms in total. The Labute approximate surface area is 155 Å². The zero-order valence-corrected chi connectivity index (χ0v) is 15.1. The molecule has 4 heteroatoms. The maximum Gasteiger partial charge on any atom is 0.323 e. The molecule has 0 spiro atoms. The van der Waals surface area contributed by atoms with Crippen molar-refractivity contribution in [1.29, 1.82) is 0 Å². The highest BCUT2D eigenvalue weighted by atomic mass is 16.5. The van der Waals surface area contributed by atoms with E-state index in [0.29, 0.717) is 13.0 Å². The van der Waals surface area contributed by atoms with Crippen molar-refractivity contribution in [1.82, 2.24) is 4.90 Å². The summed E-state index contributed by atoms with van der Waals surface area (Å²) in [5, 5.41) is 9.56. The van der Waals surface area contributed by atoms with E-state index in [1.165, 1.54) is 0 Å². The predicted molar refractivity (Wildman–Crippen MR) is 101 cm³/mol. The van der Waals surface area contributed by atoms with Gasteiger partial charge in [0.15, 0.2) is 0 Å². The summed E-state index contributed by atoms with van der Waals surface area (Å²) in [6, 6.07) is 19.7. The van der Waals surface area contributed by atoms with Crippen LogP contribution in [-0.2, 0) is 16.1 Å². The Morgan fingerprint density at radius 3 is 2.46 bits per heavy atom. The number of rotatable bonds is 7. The number of likely N-dealkylation sites (tertiary alicyclic amines) is 1. The lowest BCUT2D eigenvalue weighted by molar-refractivity contribution is -0.154. The van der Waals surface area contributed by atoms with Crippen LogP contribution in [-0.4, -0.2) is 35.2 Å². The fraction of sp³-hybridized carbons (Fsp3) is 0.409. The van der Waals surface area contributed by atoms with Gasteiger partial charge in [0.25, 0.3) is 0 Å². The van der Waals surface area contributed by atoms with Crippen LogP contribution in [0.1, 0.15) is 42.9 Å². The molecule has 2 aromatic rings. The molecule has 0 radical (unpaired) electrons. The molecule has 1 heterocycles. The molecule has 1 saturated heterocycles. The summed E-state index contributed by atoms with van der Waals surface area (Å²) in [7, 11) is 0. The normalized spacial score (nSPS) is 19.0. The zero-order chi connectivity index (χ0) is 18.2. The van der Waals surface area contributed by atoms with E-state index in [9.17, 15) is 9.90 Å².